The lowest BCUT2D eigenvalue weighted by molar-refractivity contribution is 0.0498. The van der Waals surface area contributed by atoms with Crippen LogP contribution in [0.3, 0.4) is 0 Å². The van der Waals surface area contributed by atoms with Gasteiger partial charge in [0.1, 0.15) is 5.69 Å². The summed E-state index contributed by atoms with van der Waals surface area (Å²) in [5, 5.41) is 7.71. The van der Waals surface area contributed by atoms with Crippen molar-refractivity contribution in [2.75, 3.05) is 40.5 Å². The first-order valence-electron chi connectivity index (χ1n) is 12.4. The summed E-state index contributed by atoms with van der Waals surface area (Å²) < 4.78 is 12.8. The number of aryl methyl sites for hydroxylation is 2. The largest absolute Gasteiger partial charge is 0.462 e. The lowest BCUT2D eigenvalue weighted by atomic mass is 10.0. The summed E-state index contributed by atoms with van der Waals surface area (Å²) in [4.78, 5) is 38.6. The Bertz CT molecular complexity index is 1010. The first-order valence-corrected chi connectivity index (χ1v) is 12.4. The standard InChI is InChI=1S/C26H36N4O5/c1-4-30-23-21(9-7-16-34-17-8-15-27-24(23)31)22(28-30)10-5-6-18-35-26(33)20-13-11-19(12-14-20)25(32)29(2)3/h11-14H,4-10,15-18H2,1-3H3,(H,27,31). The first kappa shape index (κ1) is 26.4. The predicted octanol–water partition coefficient (Wildman–Crippen LogP) is 2.87. The number of esters is 1. The molecule has 0 aliphatic carbocycles. The van der Waals surface area contributed by atoms with Crippen LogP contribution < -0.4 is 5.32 Å². The normalized spacial score (nSPS) is 14.4. The fourth-order valence-electron chi connectivity index (χ4n) is 4.06. The molecule has 3 rings (SSSR count). The van der Waals surface area contributed by atoms with Gasteiger partial charge in [-0.05, 0) is 69.7 Å². The Balaban J connectivity index is 1.54. The predicted molar refractivity (Wildman–Crippen MR) is 132 cm³/mol. The molecule has 2 heterocycles. The summed E-state index contributed by atoms with van der Waals surface area (Å²) in [5.74, 6) is -0.598. The van der Waals surface area contributed by atoms with E-state index in [4.69, 9.17) is 14.6 Å². The number of hydrogen-bond donors (Lipinski definition) is 1. The van der Waals surface area contributed by atoms with E-state index in [0.717, 1.165) is 36.9 Å². The van der Waals surface area contributed by atoms with Crippen molar-refractivity contribution in [1.29, 1.82) is 0 Å². The zero-order chi connectivity index (χ0) is 25.2. The van der Waals surface area contributed by atoms with Crippen molar-refractivity contribution in [1.82, 2.24) is 20.0 Å². The number of nitrogens with zero attached hydrogens (tertiary/aromatic N) is 3. The van der Waals surface area contributed by atoms with Gasteiger partial charge in [-0.15, -0.1) is 0 Å². The van der Waals surface area contributed by atoms with Crippen LogP contribution in [0.1, 0.15) is 75.1 Å². The molecule has 1 aromatic carbocycles. The van der Waals surface area contributed by atoms with E-state index in [9.17, 15) is 14.4 Å². The van der Waals surface area contributed by atoms with E-state index in [1.54, 1.807) is 43.0 Å². The van der Waals surface area contributed by atoms with Crippen LogP contribution in [0, 0.1) is 0 Å². The number of fused-ring (bicyclic) bond motifs is 1. The number of benzene rings is 1. The van der Waals surface area contributed by atoms with Gasteiger partial charge < -0.3 is 19.7 Å². The summed E-state index contributed by atoms with van der Waals surface area (Å²) in [6.07, 6.45) is 4.58. The fourth-order valence-corrected chi connectivity index (χ4v) is 4.06. The van der Waals surface area contributed by atoms with E-state index in [1.807, 2.05) is 6.92 Å². The maximum Gasteiger partial charge on any atom is 0.338 e. The van der Waals surface area contributed by atoms with Crippen molar-refractivity contribution < 1.29 is 23.9 Å². The van der Waals surface area contributed by atoms with Crippen LogP contribution in [0.15, 0.2) is 24.3 Å². The molecule has 0 atom stereocenters. The number of hydrogen-bond acceptors (Lipinski definition) is 6. The van der Waals surface area contributed by atoms with Gasteiger partial charge >= 0.3 is 5.97 Å². The number of rotatable bonds is 8. The minimum atomic E-state index is -0.408. The first-order chi connectivity index (χ1) is 16.9. The molecule has 1 aliphatic rings. The van der Waals surface area contributed by atoms with Crippen molar-refractivity contribution in [2.45, 2.75) is 52.0 Å². The highest BCUT2D eigenvalue weighted by Crippen LogP contribution is 2.20. The number of carbonyl (C=O) groups excluding carboxylic acids is 3. The van der Waals surface area contributed by atoms with Crippen molar-refractivity contribution in [3.63, 3.8) is 0 Å². The van der Waals surface area contributed by atoms with E-state index < -0.39 is 5.97 Å². The molecule has 1 N–H and O–H groups in total. The van der Waals surface area contributed by atoms with Gasteiger partial charge in [0.2, 0.25) is 0 Å². The van der Waals surface area contributed by atoms with Crippen LogP contribution in [-0.4, -0.2) is 72.9 Å². The minimum absolute atomic E-state index is 0.0743. The Kier molecular flexibility index (Phi) is 9.84. The molecule has 1 aromatic heterocycles. The summed E-state index contributed by atoms with van der Waals surface area (Å²) >= 11 is 0. The smallest absolute Gasteiger partial charge is 0.338 e. The number of ether oxygens (including phenoxy) is 2. The summed E-state index contributed by atoms with van der Waals surface area (Å²) in [6.45, 7) is 4.82. The number of aromatic nitrogens is 2. The molecule has 0 saturated carbocycles. The molecule has 0 saturated heterocycles. The number of amides is 2. The van der Waals surface area contributed by atoms with Crippen molar-refractivity contribution in [2.24, 2.45) is 0 Å². The summed E-state index contributed by atoms with van der Waals surface area (Å²) in [6, 6.07) is 6.47. The molecule has 2 amide bonds. The Hall–Kier alpha value is -3.20. The molecule has 0 fully saturated rings. The molecule has 35 heavy (non-hydrogen) atoms. The molecule has 1 aliphatic heterocycles. The SMILES string of the molecule is CCn1nc(CCCCOC(=O)c2ccc(C(=O)N(C)C)cc2)c2c1C(=O)NCCCOCCC2. The number of unbranched alkanes of at least 4 members (excludes halogenated alkanes) is 1. The zero-order valence-electron chi connectivity index (χ0n) is 21.0. The highest BCUT2D eigenvalue weighted by molar-refractivity contribution is 5.96. The molecule has 0 spiro atoms. The highest BCUT2D eigenvalue weighted by Gasteiger charge is 2.22. The molecule has 9 heteroatoms. The molecule has 0 bridgehead atoms. The van der Waals surface area contributed by atoms with Gasteiger partial charge in [-0.3, -0.25) is 14.3 Å². The number of nitrogens with one attached hydrogen (secondary N) is 1. The third-order valence-electron chi connectivity index (χ3n) is 5.93. The lowest BCUT2D eigenvalue weighted by Gasteiger charge is -2.10. The van der Waals surface area contributed by atoms with Crippen LogP contribution in [0.4, 0.5) is 0 Å². The van der Waals surface area contributed by atoms with Crippen molar-refractivity contribution in [3.05, 3.63) is 52.3 Å². The Labute approximate surface area is 206 Å². The Morgan fingerprint density at radius 1 is 1.11 bits per heavy atom. The van der Waals surface area contributed by atoms with E-state index >= 15 is 0 Å². The van der Waals surface area contributed by atoms with Crippen molar-refractivity contribution >= 4 is 17.8 Å². The maximum atomic E-state index is 12.8. The second-order valence-corrected chi connectivity index (χ2v) is 8.78. The van der Waals surface area contributed by atoms with Crippen LogP contribution in [0.25, 0.3) is 0 Å². The molecule has 0 unspecified atom stereocenters. The number of carbonyl (C=O) groups is 3. The third-order valence-corrected chi connectivity index (χ3v) is 5.93. The van der Waals surface area contributed by atoms with Crippen LogP contribution in [-0.2, 0) is 28.9 Å². The van der Waals surface area contributed by atoms with E-state index in [1.165, 1.54) is 4.90 Å². The van der Waals surface area contributed by atoms with Gasteiger partial charge in [0.05, 0.1) is 17.9 Å². The van der Waals surface area contributed by atoms with Gasteiger partial charge in [0, 0.05) is 51.5 Å². The van der Waals surface area contributed by atoms with Gasteiger partial charge in [0.25, 0.3) is 11.8 Å². The zero-order valence-corrected chi connectivity index (χ0v) is 21.0. The van der Waals surface area contributed by atoms with Crippen LogP contribution >= 0.6 is 0 Å². The van der Waals surface area contributed by atoms with Gasteiger partial charge in [-0.25, -0.2) is 4.79 Å². The molecule has 9 nitrogen and oxygen atoms in total. The van der Waals surface area contributed by atoms with Crippen molar-refractivity contribution in [3.8, 4) is 0 Å². The molecule has 0 radical (unpaired) electrons. The molecular formula is C26H36N4O5. The van der Waals surface area contributed by atoms with E-state index in [-0.39, 0.29) is 11.8 Å². The molecule has 190 valence electrons. The second kappa shape index (κ2) is 13.0. The molecule has 2 aromatic rings. The Morgan fingerprint density at radius 2 is 1.83 bits per heavy atom. The maximum absolute atomic E-state index is 12.8. The molecular weight excluding hydrogens is 448 g/mol. The average Bonchev–Trinajstić information content (AvgIpc) is 3.20. The van der Waals surface area contributed by atoms with Crippen LogP contribution in [0.2, 0.25) is 0 Å². The average molecular weight is 485 g/mol. The second-order valence-electron chi connectivity index (χ2n) is 8.78. The third kappa shape index (κ3) is 7.14. The Morgan fingerprint density at radius 3 is 2.54 bits per heavy atom. The van der Waals surface area contributed by atoms with Gasteiger partial charge in [-0.1, -0.05) is 0 Å². The van der Waals surface area contributed by atoms with E-state index in [0.29, 0.717) is 62.6 Å². The lowest BCUT2D eigenvalue weighted by Crippen LogP contribution is -2.28. The topological polar surface area (TPSA) is 103 Å². The quantitative estimate of drug-likeness (QED) is 0.457. The highest BCUT2D eigenvalue weighted by atomic mass is 16.5. The van der Waals surface area contributed by atoms with Gasteiger partial charge in [0.15, 0.2) is 0 Å². The fraction of sp³-hybridized carbons (Fsp3) is 0.538. The summed E-state index contributed by atoms with van der Waals surface area (Å²) in [5.41, 5.74) is 3.53. The summed E-state index contributed by atoms with van der Waals surface area (Å²) in [7, 11) is 3.37. The van der Waals surface area contributed by atoms with E-state index in [2.05, 4.69) is 5.32 Å². The van der Waals surface area contributed by atoms with Gasteiger partial charge in [-0.2, -0.15) is 5.10 Å². The monoisotopic (exact) mass is 484 g/mol. The van der Waals surface area contributed by atoms with Crippen LogP contribution in [0.5, 0.6) is 0 Å². The minimum Gasteiger partial charge on any atom is -0.462 e.